The van der Waals surface area contributed by atoms with Gasteiger partial charge in [0.05, 0.1) is 12.1 Å². The summed E-state index contributed by atoms with van der Waals surface area (Å²) in [5.74, 6) is 0.352. The van der Waals surface area contributed by atoms with Gasteiger partial charge in [-0.2, -0.15) is 0 Å². The number of hydrogen-bond acceptors (Lipinski definition) is 4. The molecule has 0 bridgehead atoms. The Labute approximate surface area is 142 Å². The van der Waals surface area contributed by atoms with Crippen molar-refractivity contribution in [2.24, 2.45) is 0 Å². The largest absolute Gasteiger partial charge is 0.495 e. The Bertz CT molecular complexity index is 549. The van der Waals surface area contributed by atoms with Crippen LogP contribution in [0, 0.1) is 0 Å². The van der Waals surface area contributed by atoms with Gasteiger partial charge in [0.1, 0.15) is 5.75 Å². The molecule has 0 saturated heterocycles. The SMILES string of the molecule is COc1ccc(NC(=O)CCN(CCN(C)C)C(C)=O)cc1Cl. The molecule has 0 saturated carbocycles. The van der Waals surface area contributed by atoms with E-state index in [1.165, 1.54) is 14.0 Å². The molecule has 0 aromatic heterocycles. The number of carbonyl (C=O) groups excluding carboxylic acids is 2. The van der Waals surface area contributed by atoms with E-state index in [2.05, 4.69) is 5.32 Å². The molecule has 0 spiro atoms. The molecule has 1 aromatic rings. The van der Waals surface area contributed by atoms with Crippen molar-refractivity contribution >= 4 is 29.1 Å². The molecule has 0 atom stereocenters. The summed E-state index contributed by atoms with van der Waals surface area (Å²) in [5.41, 5.74) is 0.600. The van der Waals surface area contributed by atoms with Gasteiger partial charge in [0.25, 0.3) is 0 Å². The number of nitrogens with one attached hydrogen (secondary N) is 1. The predicted molar refractivity (Wildman–Crippen MR) is 92.1 cm³/mol. The smallest absolute Gasteiger partial charge is 0.226 e. The van der Waals surface area contributed by atoms with Gasteiger partial charge in [-0.15, -0.1) is 0 Å². The van der Waals surface area contributed by atoms with Crippen LogP contribution in [-0.2, 0) is 9.59 Å². The van der Waals surface area contributed by atoms with Gasteiger partial charge in [-0.05, 0) is 32.3 Å². The summed E-state index contributed by atoms with van der Waals surface area (Å²) in [6.45, 7) is 3.26. The first kappa shape index (κ1) is 19.3. The van der Waals surface area contributed by atoms with Crippen LogP contribution < -0.4 is 10.1 Å². The molecule has 0 fully saturated rings. The maximum atomic E-state index is 12.0. The summed E-state index contributed by atoms with van der Waals surface area (Å²) in [5, 5.41) is 3.20. The Morgan fingerprint density at radius 1 is 1.22 bits per heavy atom. The van der Waals surface area contributed by atoms with Crippen molar-refractivity contribution in [3.63, 3.8) is 0 Å². The topological polar surface area (TPSA) is 61.9 Å². The first-order valence-corrected chi connectivity index (χ1v) is 7.75. The summed E-state index contributed by atoms with van der Waals surface area (Å²) in [6, 6.07) is 5.04. The molecule has 2 amide bonds. The first-order valence-electron chi connectivity index (χ1n) is 7.37. The van der Waals surface area contributed by atoms with E-state index in [1.54, 1.807) is 23.1 Å². The fourth-order valence-corrected chi connectivity index (χ4v) is 2.21. The number of methoxy groups -OCH3 is 1. The predicted octanol–water partition coefficient (Wildman–Crippen LogP) is 2.09. The Morgan fingerprint density at radius 3 is 2.43 bits per heavy atom. The number of halogens is 1. The van der Waals surface area contributed by atoms with Crippen molar-refractivity contribution in [2.45, 2.75) is 13.3 Å². The van der Waals surface area contributed by atoms with Gasteiger partial charge >= 0.3 is 0 Å². The molecule has 0 unspecified atom stereocenters. The number of rotatable bonds is 8. The zero-order valence-electron chi connectivity index (χ0n) is 14.1. The van der Waals surface area contributed by atoms with Crippen molar-refractivity contribution in [3.05, 3.63) is 23.2 Å². The number of anilines is 1. The monoisotopic (exact) mass is 341 g/mol. The number of nitrogens with zero attached hydrogens (tertiary/aromatic N) is 2. The zero-order valence-corrected chi connectivity index (χ0v) is 14.8. The average Bonchev–Trinajstić information content (AvgIpc) is 2.46. The molecule has 0 aliphatic carbocycles. The second kappa shape index (κ2) is 9.37. The minimum atomic E-state index is -0.165. The van der Waals surface area contributed by atoms with Crippen molar-refractivity contribution in [1.29, 1.82) is 0 Å². The van der Waals surface area contributed by atoms with Crippen LogP contribution in [0.15, 0.2) is 18.2 Å². The first-order chi connectivity index (χ1) is 10.8. The lowest BCUT2D eigenvalue weighted by Gasteiger charge is -2.22. The van der Waals surface area contributed by atoms with Gasteiger partial charge in [0.2, 0.25) is 11.8 Å². The van der Waals surface area contributed by atoms with Crippen LogP contribution in [0.1, 0.15) is 13.3 Å². The maximum absolute atomic E-state index is 12.0. The molecule has 1 rings (SSSR count). The van der Waals surface area contributed by atoms with E-state index >= 15 is 0 Å². The van der Waals surface area contributed by atoms with Gasteiger partial charge in [0.15, 0.2) is 0 Å². The van der Waals surface area contributed by atoms with Crippen molar-refractivity contribution in [1.82, 2.24) is 9.80 Å². The quantitative estimate of drug-likeness (QED) is 0.786. The van der Waals surface area contributed by atoms with E-state index in [4.69, 9.17) is 16.3 Å². The van der Waals surface area contributed by atoms with E-state index in [9.17, 15) is 9.59 Å². The summed E-state index contributed by atoms with van der Waals surface area (Å²) in [6.07, 6.45) is 0.233. The highest BCUT2D eigenvalue weighted by molar-refractivity contribution is 6.32. The highest BCUT2D eigenvalue weighted by atomic mass is 35.5. The molecule has 6 nitrogen and oxygen atoms in total. The Balaban J connectivity index is 2.51. The molecule has 0 heterocycles. The maximum Gasteiger partial charge on any atom is 0.226 e. The molecule has 0 aliphatic heterocycles. The zero-order chi connectivity index (χ0) is 17.4. The number of amides is 2. The minimum absolute atomic E-state index is 0.0351. The van der Waals surface area contributed by atoms with Crippen molar-refractivity contribution in [2.75, 3.05) is 46.2 Å². The molecule has 23 heavy (non-hydrogen) atoms. The molecular formula is C16H24ClN3O3. The Morgan fingerprint density at radius 2 is 1.91 bits per heavy atom. The van der Waals surface area contributed by atoms with Gasteiger partial charge < -0.3 is 19.9 Å². The summed E-state index contributed by atoms with van der Waals surface area (Å²) in [4.78, 5) is 27.3. The van der Waals surface area contributed by atoms with Gasteiger partial charge in [0, 0.05) is 38.7 Å². The van der Waals surface area contributed by atoms with E-state index in [0.29, 0.717) is 29.5 Å². The van der Waals surface area contributed by atoms with Crippen LogP contribution in [0.2, 0.25) is 5.02 Å². The molecular weight excluding hydrogens is 318 g/mol. The van der Waals surface area contributed by atoms with Crippen molar-refractivity contribution < 1.29 is 14.3 Å². The molecule has 128 valence electrons. The van der Waals surface area contributed by atoms with Gasteiger partial charge in [-0.1, -0.05) is 11.6 Å². The van der Waals surface area contributed by atoms with Gasteiger partial charge in [-0.3, -0.25) is 9.59 Å². The highest BCUT2D eigenvalue weighted by Gasteiger charge is 2.12. The van der Waals surface area contributed by atoms with E-state index < -0.39 is 0 Å². The molecule has 1 aromatic carbocycles. The standard InChI is InChI=1S/C16H24ClN3O3/c1-12(21)20(10-9-19(2)3)8-7-16(22)18-13-5-6-15(23-4)14(17)11-13/h5-6,11H,7-10H2,1-4H3,(H,18,22). The van der Waals surface area contributed by atoms with E-state index in [-0.39, 0.29) is 18.2 Å². The third-order valence-corrected chi connectivity index (χ3v) is 3.60. The molecule has 7 heteroatoms. The fourth-order valence-electron chi connectivity index (χ4n) is 1.95. The van der Waals surface area contributed by atoms with E-state index in [0.717, 1.165) is 6.54 Å². The normalized spacial score (nSPS) is 10.5. The van der Waals surface area contributed by atoms with Crippen LogP contribution in [0.3, 0.4) is 0 Å². The van der Waals surface area contributed by atoms with E-state index in [1.807, 2.05) is 19.0 Å². The minimum Gasteiger partial charge on any atom is -0.495 e. The van der Waals surface area contributed by atoms with Crippen LogP contribution in [0.5, 0.6) is 5.75 Å². The third kappa shape index (κ3) is 6.88. The summed E-state index contributed by atoms with van der Waals surface area (Å²) in [7, 11) is 5.42. The highest BCUT2D eigenvalue weighted by Crippen LogP contribution is 2.27. The average molecular weight is 342 g/mol. The fraction of sp³-hybridized carbons (Fsp3) is 0.500. The number of benzene rings is 1. The van der Waals surface area contributed by atoms with Crippen LogP contribution in [0.4, 0.5) is 5.69 Å². The number of likely N-dealkylation sites (N-methyl/N-ethyl adjacent to an activating group) is 1. The number of ether oxygens (including phenoxy) is 1. The lowest BCUT2D eigenvalue weighted by molar-refractivity contribution is -0.129. The summed E-state index contributed by atoms with van der Waals surface area (Å²) >= 11 is 6.02. The van der Waals surface area contributed by atoms with Gasteiger partial charge in [-0.25, -0.2) is 0 Å². The molecule has 0 radical (unpaired) electrons. The lowest BCUT2D eigenvalue weighted by atomic mass is 10.2. The van der Waals surface area contributed by atoms with Crippen LogP contribution in [0.25, 0.3) is 0 Å². The second-order valence-electron chi connectivity index (χ2n) is 5.46. The molecule has 0 aliphatic rings. The van der Waals surface area contributed by atoms with Crippen molar-refractivity contribution in [3.8, 4) is 5.75 Å². The lowest BCUT2D eigenvalue weighted by Crippen LogP contribution is -2.37. The number of carbonyl (C=O) groups is 2. The number of hydrogen-bond donors (Lipinski definition) is 1. The summed E-state index contributed by atoms with van der Waals surface area (Å²) < 4.78 is 5.06. The molecule has 1 N–H and O–H groups in total. The van der Waals surface area contributed by atoms with Crippen LogP contribution in [-0.4, -0.2) is 62.5 Å². The Hall–Kier alpha value is -1.79. The third-order valence-electron chi connectivity index (χ3n) is 3.31. The second-order valence-corrected chi connectivity index (χ2v) is 5.86. The van der Waals surface area contributed by atoms with Crippen LogP contribution >= 0.6 is 11.6 Å². The Kier molecular flexibility index (Phi) is 7.85.